The Hall–Kier alpha value is -3.98. The number of ether oxygens (including phenoxy) is 1. The molecule has 0 saturated carbocycles. The number of benzene rings is 3. The molecular formula is C24H21N3O5S. The molecule has 1 aromatic heterocycles. The highest BCUT2D eigenvalue weighted by Crippen LogP contribution is 2.23. The average molecular weight is 464 g/mol. The summed E-state index contributed by atoms with van der Waals surface area (Å²) < 4.78 is 37.6. The molecular weight excluding hydrogens is 442 g/mol. The summed E-state index contributed by atoms with van der Waals surface area (Å²) in [5.74, 6) is -0.0865. The molecule has 0 aliphatic heterocycles. The molecule has 3 aromatic carbocycles. The summed E-state index contributed by atoms with van der Waals surface area (Å²) in [6.07, 6.45) is 0. The number of esters is 1. The SMILES string of the molecule is Cc1ccc(S(=O)(=O)N(C)c2ccc(C(=O)OCc3nnc(-c4ccccc4)o3)cc2)cc1. The Morgan fingerprint density at radius 1 is 0.939 bits per heavy atom. The van der Waals surface area contributed by atoms with Crippen molar-refractivity contribution in [3.63, 3.8) is 0 Å². The molecule has 0 unspecified atom stereocenters. The van der Waals surface area contributed by atoms with Gasteiger partial charge in [0.2, 0.25) is 5.89 Å². The van der Waals surface area contributed by atoms with Gasteiger partial charge < -0.3 is 9.15 Å². The van der Waals surface area contributed by atoms with Gasteiger partial charge in [-0.05, 0) is 55.5 Å². The van der Waals surface area contributed by atoms with E-state index in [1.807, 2.05) is 37.3 Å². The molecule has 4 aromatic rings. The standard InChI is InChI=1S/C24H21N3O5S/c1-17-8-14-21(15-9-17)33(29,30)27(2)20-12-10-19(11-13-20)24(28)31-16-22-25-26-23(32-22)18-6-4-3-5-7-18/h3-15H,16H2,1-2H3. The first-order valence-corrected chi connectivity index (χ1v) is 11.5. The van der Waals surface area contributed by atoms with E-state index < -0.39 is 16.0 Å². The van der Waals surface area contributed by atoms with Crippen LogP contribution in [0.5, 0.6) is 0 Å². The second kappa shape index (κ2) is 9.25. The van der Waals surface area contributed by atoms with Gasteiger partial charge in [0.25, 0.3) is 15.9 Å². The largest absolute Gasteiger partial charge is 0.452 e. The number of aromatic nitrogens is 2. The molecule has 0 radical (unpaired) electrons. The van der Waals surface area contributed by atoms with E-state index in [9.17, 15) is 13.2 Å². The molecule has 0 fully saturated rings. The van der Waals surface area contributed by atoms with E-state index in [0.717, 1.165) is 15.4 Å². The maximum Gasteiger partial charge on any atom is 0.338 e. The Morgan fingerprint density at radius 2 is 1.61 bits per heavy atom. The van der Waals surface area contributed by atoms with Crippen molar-refractivity contribution in [2.24, 2.45) is 0 Å². The van der Waals surface area contributed by atoms with Gasteiger partial charge in [-0.15, -0.1) is 10.2 Å². The Bertz CT molecular complexity index is 1350. The first kappa shape index (κ1) is 22.2. The molecule has 0 atom stereocenters. The molecule has 9 heteroatoms. The number of carbonyl (C=O) groups is 1. The molecule has 0 saturated heterocycles. The number of sulfonamides is 1. The molecule has 0 aliphatic rings. The number of nitrogens with zero attached hydrogens (tertiary/aromatic N) is 3. The molecule has 168 valence electrons. The van der Waals surface area contributed by atoms with Gasteiger partial charge in [0.05, 0.1) is 16.1 Å². The summed E-state index contributed by atoms with van der Waals surface area (Å²) in [6, 6.07) is 22.0. The topological polar surface area (TPSA) is 103 Å². The van der Waals surface area contributed by atoms with Gasteiger partial charge in [-0.1, -0.05) is 35.9 Å². The van der Waals surface area contributed by atoms with Crippen LogP contribution in [0.15, 0.2) is 88.2 Å². The third-order valence-corrected chi connectivity index (χ3v) is 6.76. The Labute approximate surface area is 191 Å². The summed E-state index contributed by atoms with van der Waals surface area (Å²) in [5.41, 5.74) is 2.42. The summed E-state index contributed by atoms with van der Waals surface area (Å²) in [4.78, 5) is 12.6. The van der Waals surface area contributed by atoms with Crippen LogP contribution in [0.4, 0.5) is 5.69 Å². The van der Waals surface area contributed by atoms with Crippen LogP contribution in [0, 0.1) is 6.92 Å². The highest BCUT2D eigenvalue weighted by Gasteiger charge is 2.21. The van der Waals surface area contributed by atoms with Gasteiger partial charge in [0.15, 0.2) is 6.61 Å². The van der Waals surface area contributed by atoms with E-state index >= 15 is 0 Å². The van der Waals surface area contributed by atoms with Crippen LogP contribution in [0.1, 0.15) is 21.8 Å². The van der Waals surface area contributed by atoms with Crippen molar-refractivity contribution in [3.05, 3.63) is 95.9 Å². The fraction of sp³-hybridized carbons (Fsp3) is 0.125. The van der Waals surface area contributed by atoms with Crippen LogP contribution in [0.3, 0.4) is 0 Å². The van der Waals surface area contributed by atoms with Crippen molar-refractivity contribution in [3.8, 4) is 11.5 Å². The van der Waals surface area contributed by atoms with Crippen molar-refractivity contribution < 1.29 is 22.4 Å². The first-order valence-electron chi connectivity index (χ1n) is 10.1. The summed E-state index contributed by atoms with van der Waals surface area (Å²) in [6.45, 7) is 1.71. The van der Waals surface area contributed by atoms with Gasteiger partial charge in [-0.3, -0.25) is 4.31 Å². The fourth-order valence-electron chi connectivity index (χ4n) is 3.03. The highest BCUT2D eigenvalue weighted by atomic mass is 32.2. The van der Waals surface area contributed by atoms with Crippen molar-refractivity contribution in [2.45, 2.75) is 18.4 Å². The number of rotatable bonds is 7. The van der Waals surface area contributed by atoms with E-state index in [-0.39, 0.29) is 23.0 Å². The van der Waals surface area contributed by atoms with Crippen LogP contribution in [0.25, 0.3) is 11.5 Å². The maximum absolute atomic E-state index is 12.8. The molecule has 1 heterocycles. The zero-order chi connectivity index (χ0) is 23.4. The van der Waals surface area contributed by atoms with Gasteiger partial charge >= 0.3 is 5.97 Å². The lowest BCUT2D eigenvalue weighted by Crippen LogP contribution is -2.26. The number of aryl methyl sites for hydroxylation is 1. The Balaban J connectivity index is 1.40. The lowest BCUT2D eigenvalue weighted by atomic mass is 10.2. The average Bonchev–Trinajstić information content (AvgIpc) is 3.32. The predicted molar refractivity (Wildman–Crippen MR) is 122 cm³/mol. The number of anilines is 1. The van der Waals surface area contributed by atoms with Gasteiger partial charge in [0.1, 0.15) is 0 Å². The molecule has 8 nitrogen and oxygen atoms in total. The van der Waals surface area contributed by atoms with Crippen molar-refractivity contribution >= 4 is 21.7 Å². The molecule has 0 N–H and O–H groups in total. The fourth-order valence-corrected chi connectivity index (χ4v) is 4.23. The third kappa shape index (κ3) is 4.93. The van der Waals surface area contributed by atoms with Crippen LogP contribution < -0.4 is 4.31 Å². The summed E-state index contributed by atoms with van der Waals surface area (Å²) in [5, 5.41) is 7.84. The summed E-state index contributed by atoms with van der Waals surface area (Å²) >= 11 is 0. The zero-order valence-electron chi connectivity index (χ0n) is 18.0. The smallest absolute Gasteiger partial charge is 0.338 e. The zero-order valence-corrected chi connectivity index (χ0v) is 18.8. The molecule has 0 aliphatic carbocycles. The van der Waals surface area contributed by atoms with Gasteiger partial charge in [-0.25, -0.2) is 13.2 Å². The van der Waals surface area contributed by atoms with Gasteiger partial charge in [-0.2, -0.15) is 0 Å². The quantitative estimate of drug-likeness (QED) is 0.378. The molecule has 0 bridgehead atoms. The highest BCUT2D eigenvalue weighted by molar-refractivity contribution is 7.92. The lowest BCUT2D eigenvalue weighted by molar-refractivity contribution is 0.0438. The minimum atomic E-state index is -3.72. The monoisotopic (exact) mass is 463 g/mol. The number of hydrogen-bond acceptors (Lipinski definition) is 7. The van der Waals surface area contributed by atoms with Crippen molar-refractivity contribution in [1.82, 2.24) is 10.2 Å². The second-order valence-electron chi connectivity index (χ2n) is 7.28. The van der Waals surface area contributed by atoms with Crippen molar-refractivity contribution in [2.75, 3.05) is 11.4 Å². The third-order valence-electron chi connectivity index (χ3n) is 4.96. The lowest BCUT2D eigenvalue weighted by Gasteiger charge is -2.19. The van der Waals surface area contributed by atoms with E-state index in [4.69, 9.17) is 9.15 Å². The van der Waals surface area contributed by atoms with E-state index in [0.29, 0.717) is 11.6 Å². The second-order valence-corrected chi connectivity index (χ2v) is 9.24. The molecule has 0 amide bonds. The Morgan fingerprint density at radius 3 is 2.27 bits per heavy atom. The van der Waals surface area contributed by atoms with Crippen LogP contribution in [-0.4, -0.2) is 31.6 Å². The molecule has 4 rings (SSSR count). The minimum absolute atomic E-state index is 0.169. The van der Waals surface area contributed by atoms with Crippen molar-refractivity contribution in [1.29, 1.82) is 0 Å². The molecule has 0 spiro atoms. The minimum Gasteiger partial charge on any atom is -0.452 e. The molecule has 33 heavy (non-hydrogen) atoms. The van der Waals surface area contributed by atoms with Crippen LogP contribution in [-0.2, 0) is 21.4 Å². The predicted octanol–water partition coefficient (Wildman–Crippen LogP) is 4.23. The number of carbonyl (C=O) groups excluding carboxylic acids is 1. The first-order chi connectivity index (χ1) is 15.8. The normalized spacial score (nSPS) is 11.2. The van der Waals surface area contributed by atoms with E-state index in [1.54, 1.807) is 36.4 Å². The van der Waals surface area contributed by atoms with Crippen LogP contribution in [0.2, 0.25) is 0 Å². The Kier molecular flexibility index (Phi) is 6.23. The maximum atomic E-state index is 12.8. The number of hydrogen-bond donors (Lipinski definition) is 0. The van der Waals surface area contributed by atoms with Crippen LogP contribution >= 0.6 is 0 Å². The van der Waals surface area contributed by atoms with E-state index in [2.05, 4.69) is 10.2 Å². The van der Waals surface area contributed by atoms with Gasteiger partial charge in [0, 0.05) is 12.6 Å². The van der Waals surface area contributed by atoms with E-state index in [1.165, 1.54) is 19.2 Å². The summed E-state index contributed by atoms with van der Waals surface area (Å²) in [7, 11) is -2.26.